The lowest BCUT2D eigenvalue weighted by Crippen LogP contribution is -2.46. The Bertz CT molecular complexity index is 884. The molecule has 1 fully saturated rings. The molecule has 7 nitrogen and oxygen atoms in total. The van der Waals surface area contributed by atoms with Gasteiger partial charge in [0, 0.05) is 58.1 Å². The second-order valence-corrected chi connectivity index (χ2v) is 9.05. The quantitative estimate of drug-likeness (QED) is 0.511. The zero-order chi connectivity index (χ0) is 23.0. The average molecular weight is 439 g/mol. The monoisotopic (exact) mass is 438 g/mol. The summed E-state index contributed by atoms with van der Waals surface area (Å²) in [6.45, 7) is 15.1. The highest BCUT2D eigenvalue weighted by Gasteiger charge is 2.17. The number of rotatable bonds is 7. The maximum atomic E-state index is 6.10. The molecule has 1 aliphatic heterocycles. The van der Waals surface area contributed by atoms with Gasteiger partial charge in [-0.25, -0.2) is 4.98 Å². The van der Waals surface area contributed by atoms with Crippen molar-refractivity contribution >= 4 is 11.8 Å². The van der Waals surface area contributed by atoms with Gasteiger partial charge in [-0.05, 0) is 51.1 Å². The first-order chi connectivity index (χ1) is 15.4. The number of guanidine groups is 1. The summed E-state index contributed by atoms with van der Waals surface area (Å²) in [6.07, 6.45) is 1.90. The lowest BCUT2D eigenvalue weighted by Gasteiger charge is -2.34. The van der Waals surface area contributed by atoms with Crippen LogP contribution in [-0.2, 0) is 13.1 Å². The third-order valence-electron chi connectivity index (χ3n) is 5.47. The minimum absolute atomic E-state index is 0.238. The van der Waals surface area contributed by atoms with E-state index in [9.17, 15) is 0 Å². The van der Waals surface area contributed by atoms with Crippen molar-refractivity contribution < 1.29 is 4.74 Å². The smallest absolute Gasteiger partial charge is 0.191 e. The van der Waals surface area contributed by atoms with Gasteiger partial charge in [-0.2, -0.15) is 0 Å². The molecule has 0 spiro atoms. The maximum Gasteiger partial charge on any atom is 0.191 e. The maximum absolute atomic E-state index is 6.10. The van der Waals surface area contributed by atoms with E-state index in [1.54, 1.807) is 7.05 Å². The van der Waals surface area contributed by atoms with Gasteiger partial charge in [0.15, 0.2) is 5.96 Å². The Morgan fingerprint density at radius 1 is 1.06 bits per heavy atom. The molecule has 0 amide bonds. The summed E-state index contributed by atoms with van der Waals surface area (Å²) in [4.78, 5) is 13.8. The second kappa shape index (κ2) is 11.2. The molecule has 3 rings (SSSR count). The normalized spacial score (nSPS) is 15.5. The molecule has 7 heteroatoms. The first-order valence-electron chi connectivity index (χ1n) is 11.5. The summed E-state index contributed by atoms with van der Waals surface area (Å²) < 4.78 is 6.10. The molecule has 2 N–H and O–H groups in total. The van der Waals surface area contributed by atoms with E-state index >= 15 is 0 Å². The van der Waals surface area contributed by atoms with Gasteiger partial charge in [0.05, 0.1) is 0 Å². The van der Waals surface area contributed by atoms with Gasteiger partial charge in [0.2, 0.25) is 0 Å². The fourth-order valence-electron chi connectivity index (χ4n) is 3.70. The van der Waals surface area contributed by atoms with E-state index in [1.165, 1.54) is 5.56 Å². The Balaban J connectivity index is 1.54. The number of likely N-dealkylation sites (N-methyl/N-ethyl adjacent to an activating group) is 1. The molecular formula is C25H38N6O. The van der Waals surface area contributed by atoms with Crippen LogP contribution in [0.2, 0.25) is 0 Å². The number of nitrogens with zero attached hydrogens (tertiary/aromatic N) is 4. The van der Waals surface area contributed by atoms with E-state index in [-0.39, 0.29) is 5.60 Å². The van der Waals surface area contributed by atoms with E-state index in [0.717, 1.165) is 55.8 Å². The number of aromatic nitrogens is 1. The highest BCUT2D eigenvalue weighted by atomic mass is 16.5. The predicted octanol–water partition coefficient (Wildman–Crippen LogP) is 3.27. The van der Waals surface area contributed by atoms with E-state index in [1.807, 2.05) is 24.4 Å². The van der Waals surface area contributed by atoms with Crippen molar-refractivity contribution in [1.29, 1.82) is 0 Å². The summed E-state index contributed by atoms with van der Waals surface area (Å²) in [5.41, 5.74) is 2.05. The van der Waals surface area contributed by atoms with E-state index in [0.29, 0.717) is 13.1 Å². The summed E-state index contributed by atoms with van der Waals surface area (Å²) in [5.74, 6) is 2.70. The molecule has 1 aromatic carbocycles. The molecule has 1 saturated heterocycles. The number of anilines is 1. The summed E-state index contributed by atoms with van der Waals surface area (Å²) >= 11 is 0. The SMILES string of the molecule is CCN1CCN(c2cc(CNC(=NC)NCc3ccccc3OC(C)(C)C)ccn2)CC1. The fourth-order valence-corrected chi connectivity index (χ4v) is 3.70. The third kappa shape index (κ3) is 7.12. The average Bonchev–Trinajstić information content (AvgIpc) is 2.79. The molecule has 174 valence electrons. The van der Waals surface area contributed by atoms with Crippen LogP contribution in [0, 0.1) is 0 Å². The lowest BCUT2D eigenvalue weighted by atomic mass is 10.1. The number of aliphatic imine (C=N–C) groups is 1. The van der Waals surface area contributed by atoms with E-state index in [4.69, 9.17) is 4.74 Å². The number of hydrogen-bond acceptors (Lipinski definition) is 5. The molecular weight excluding hydrogens is 400 g/mol. The zero-order valence-corrected chi connectivity index (χ0v) is 20.2. The van der Waals surface area contributed by atoms with Crippen molar-refractivity contribution in [2.45, 2.75) is 46.4 Å². The van der Waals surface area contributed by atoms with Crippen LogP contribution in [0.5, 0.6) is 5.75 Å². The second-order valence-electron chi connectivity index (χ2n) is 9.05. The molecule has 1 aromatic heterocycles. The minimum atomic E-state index is -0.238. The number of hydrogen-bond donors (Lipinski definition) is 2. The molecule has 0 unspecified atom stereocenters. The summed E-state index contributed by atoms with van der Waals surface area (Å²) in [5, 5.41) is 6.81. The highest BCUT2D eigenvalue weighted by Crippen LogP contribution is 2.22. The van der Waals surface area contributed by atoms with Crippen LogP contribution in [0.3, 0.4) is 0 Å². The molecule has 0 saturated carbocycles. The van der Waals surface area contributed by atoms with Gasteiger partial charge in [0.1, 0.15) is 17.2 Å². The van der Waals surface area contributed by atoms with Crippen molar-refractivity contribution in [2.75, 3.05) is 44.7 Å². The number of para-hydroxylation sites is 1. The van der Waals surface area contributed by atoms with Crippen molar-refractivity contribution in [1.82, 2.24) is 20.5 Å². The Hall–Kier alpha value is -2.80. The van der Waals surface area contributed by atoms with Gasteiger partial charge in [-0.15, -0.1) is 0 Å². The van der Waals surface area contributed by atoms with Crippen LogP contribution < -0.4 is 20.3 Å². The Labute approximate surface area is 192 Å². The van der Waals surface area contributed by atoms with Crippen LogP contribution in [0.4, 0.5) is 5.82 Å². The van der Waals surface area contributed by atoms with Crippen molar-refractivity contribution in [3.63, 3.8) is 0 Å². The highest BCUT2D eigenvalue weighted by molar-refractivity contribution is 5.79. The van der Waals surface area contributed by atoms with Gasteiger partial charge >= 0.3 is 0 Å². The third-order valence-corrected chi connectivity index (χ3v) is 5.47. The Morgan fingerprint density at radius 3 is 2.47 bits per heavy atom. The fraction of sp³-hybridized carbons (Fsp3) is 0.520. The molecule has 1 aliphatic rings. The zero-order valence-electron chi connectivity index (χ0n) is 20.2. The molecule has 2 aromatic rings. The number of piperazine rings is 1. The van der Waals surface area contributed by atoms with Gasteiger partial charge in [0.25, 0.3) is 0 Å². The number of ether oxygens (including phenoxy) is 1. The molecule has 0 bridgehead atoms. The molecule has 0 radical (unpaired) electrons. The standard InChI is InChI=1S/C25H38N6O/c1-6-30-13-15-31(16-14-30)23-17-20(11-12-27-23)18-28-24(26-5)29-19-21-9-7-8-10-22(21)32-25(2,3)4/h7-12,17H,6,13-16,18-19H2,1-5H3,(H2,26,28,29). The van der Waals surface area contributed by atoms with E-state index < -0.39 is 0 Å². The van der Waals surface area contributed by atoms with Crippen LogP contribution in [0.15, 0.2) is 47.6 Å². The first-order valence-corrected chi connectivity index (χ1v) is 11.5. The summed E-state index contributed by atoms with van der Waals surface area (Å²) in [7, 11) is 1.79. The van der Waals surface area contributed by atoms with Crippen LogP contribution in [0.25, 0.3) is 0 Å². The van der Waals surface area contributed by atoms with E-state index in [2.05, 4.69) is 76.3 Å². The predicted molar refractivity (Wildman–Crippen MR) is 132 cm³/mol. The summed E-state index contributed by atoms with van der Waals surface area (Å²) in [6, 6.07) is 12.3. The van der Waals surface area contributed by atoms with Crippen LogP contribution >= 0.6 is 0 Å². The molecule has 2 heterocycles. The van der Waals surface area contributed by atoms with Crippen LogP contribution in [0.1, 0.15) is 38.8 Å². The Morgan fingerprint density at radius 2 is 1.78 bits per heavy atom. The van der Waals surface area contributed by atoms with Crippen LogP contribution in [-0.4, -0.2) is 61.2 Å². The molecule has 0 aliphatic carbocycles. The largest absolute Gasteiger partial charge is 0.488 e. The molecule has 32 heavy (non-hydrogen) atoms. The topological polar surface area (TPSA) is 65.0 Å². The molecule has 0 atom stereocenters. The minimum Gasteiger partial charge on any atom is -0.488 e. The van der Waals surface area contributed by atoms with Crippen molar-refractivity contribution in [3.8, 4) is 5.75 Å². The number of benzene rings is 1. The van der Waals surface area contributed by atoms with Crippen molar-refractivity contribution in [3.05, 3.63) is 53.7 Å². The number of pyridine rings is 1. The first kappa shape index (κ1) is 23.9. The van der Waals surface area contributed by atoms with Gasteiger partial charge < -0.3 is 25.2 Å². The van der Waals surface area contributed by atoms with Gasteiger partial charge in [-0.1, -0.05) is 25.1 Å². The van der Waals surface area contributed by atoms with Gasteiger partial charge in [-0.3, -0.25) is 4.99 Å². The van der Waals surface area contributed by atoms with Crippen molar-refractivity contribution in [2.24, 2.45) is 4.99 Å². The number of nitrogens with one attached hydrogen (secondary N) is 2. The Kier molecular flexibility index (Phi) is 8.33. The lowest BCUT2D eigenvalue weighted by molar-refractivity contribution is 0.129.